The van der Waals surface area contributed by atoms with Crippen molar-refractivity contribution in [3.8, 4) is 0 Å². The lowest BCUT2D eigenvalue weighted by atomic mass is 9.79. The van der Waals surface area contributed by atoms with Crippen LogP contribution in [0.15, 0.2) is 12.2 Å². The van der Waals surface area contributed by atoms with Gasteiger partial charge >= 0.3 is 5.97 Å². The molecule has 0 spiro atoms. The molecule has 0 aliphatic heterocycles. The SMILES string of the molecule is C=C(C)C(=O)O.CC(CO)C(CO)(CO)CO. The summed E-state index contributed by atoms with van der Waals surface area (Å²) in [6, 6.07) is 0. The van der Waals surface area contributed by atoms with E-state index in [2.05, 4.69) is 6.58 Å². The summed E-state index contributed by atoms with van der Waals surface area (Å²) in [6.07, 6.45) is 0. The third-order valence-corrected chi connectivity index (χ3v) is 2.63. The molecule has 1 unspecified atom stereocenters. The first-order valence-electron chi connectivity index (χ1n) is 5.13. The highest BCUT2D eigenvalue weighted by molar-refractivity contribution is 5.84. The summed E-state index contributed by atoms with van der Waals surface area (Å²) in [5.41, 5.74) is -0.774. The summed E-state index contributed by atoms with van der Waals surface area (Å²) >= 11 is 0. The van der Waals surface area contributed by atoms with E-state index in [-0.39, 0.29) is 37.9 Å². The summed E-state index contributed by atoms with van der Waals surface area (Å²) in [5.74, 6) is -1.24. The lowest BCUT2D eigenvalue weighted by Crippen LogP contribution is -2.41. The summed E-state index contributed by atoms with van der Waals surface area (Å²) in [6.45, 7) is 5.17. The molecule has 0 aromatic carbocycles. The topological polar surface area (TPSA) is 118 Å². The highest BCUT2D eigenvalue weighted by Crippen LogP contribution is 2.25. The van der Waals surface area contributed by atoms with Gasteiger partial charge in [0, 0.05) is 17.6 Å². The van der Waals surface area contributed by atoms with Crippen LogP contribution in [0.1, 0.15) is 13.8 Å². The predicted molar refractivity (Wildman–Crippen MR) is 62.4 cm³/mol. The fourth-order valence-corrected chi connectivity index (χ4v) is 0.811. The van der Waals surface area contributed by atoms with Crippen LogP contribution in [0.3, 0.4) is 0 Å². The van der Waals surface area contributed by atoms with Gasteiger partial charge in [-0.15, -0.1) is 0 Å². The van der Waals surface area contributed by atoms with Gasteiger partial charge in [0.2, 0.25) is 0 Å². The largest absolute Gasteiger partial charge is 0.478 e. The van der Waals surface area contributed by atoms with E-state index in [1.807, 2.05) is 0 Å². The standard InChI is InChI=1S/C7H16O4.C4H6O2/c1-6(2-8)7(3-9,4-10)5-11;1-3(2)4(5)6/h6,8-11H,2-5H2,1H3;1H2,2H3,(H,5,6). The van der Waals surface area contributed by atoms with Crippen LogP contribution in [0.4, 0.5) is 0 Å². The lowest BCUT2D eigenvalue weighted by Gasteiger charge is -2.32. The van der Waals surface area contributed by atoms with Crippen molar-refractivity contribution in [3.63, 3.8) is 0 Å². The van der Waals surface area contributed by atoms with Gasteiger partial charge in [-0.1, -0.05) is 13.5 Å². The Kier molecular flexibility index (Phi) is 9.88. The molecule has 102 valence electrons. The quantitative estimate of drug-likeness (QED) is 0.395. The summed E-state index contributed by atoms with van der Waals surface area (Å²) in [4.78, 5) is 9.60. The van der Waals surface area contributed by atoms with Gasteiger partial charge in [0.15, 0.2) is 0 Å². The Morgan fingerprint density at radius 1 is 1.18 bits per heavy atom. The van der Waals surface area contributed by atoms with Crippen molar-refractivity contribution in [1.29, 1.82) is 0 Å². The number of aliphatic hydroxyl groups is 4. The normalized spacial score (nSPS) is 12.4. The van der Waals surface area contributed by atoms with Gasteiger partial charge in [-0.05, 0) is 12.8 Å². The monoisotopic (exact) mass is 250 g/mol. The number of hydrogen-bond donors (Lipinski definition) is 5. The van der Waals surface area contributed by atoms with Crippen molar-refractivity contribution in [2.24, 2.45) is 11.3 Å². The minimum atomic E-state index is -0.950. The van der Waals surface area contributed by atoms with Crippen molar-refractivity contribution in [1.82, 2.24) is 0 Å². The van der Waals surface area contributed by atoms with Gasteiger partial charge in [0.05, 0.1) is 19.8 Å². The van der Waals surface area contributed by atoms with E-state index in [0.717, 1.165) is 0 Å². The molecule has 0 amide bonds. The van der Waals surface area contributed by atoms with Gasteiger partial charge in [0.25, 0.3) is 0 Å². The van der Waals surface area contributed by atoms with Crippen LogP contribution in [-0.2, 0) is 4.79 Å². The Hall–Kier alpha value is -0.950. The first kappa shape index (κ1) is 18.4. The molecule has 0 radical (unpaired) electrons. The Morgan fingerprint density at radius 3 is 1.53 bits per heavy atom. The molecular formula is C11H22O6. The molecule has 0 saturated carbocycles. The maximum Gasteiger partial charge on any atom is 0.330 e. The zero-order chi connectivity index (χ0) is 14.1. The molecule has 0 aromatic heterocycles. The first-order chi connectivity index (χ1) is 7.81. The second-order valence-corrected chi connectivity index (χ2v) is 4.01. The maximum atomic E-state index is 9.60. The Bertz CT molecular complexity index is 214. The second-order valence-electron chi connectivity index (χ2n) is 4.01. The van der Waals surface area contributed by atoms with Gasteiger partial charge < -0.3 is 25.5 Å². The maximum absolute atomic E-state index is 9.60. The van der Waals surface area contributed by atoms with Crippen LogP contribution in [0.25, 0.3) is 0 Å². The molecule has 6 nitrogen and oxygen atoms in total. The van der Waals surface area contributed by atoms with Crippen molar-refractivity contribution >= 4 is 5.97 Å². The van der Waals surface area contributed by atoms with E-state index in [9.17, 15) is 4.79 Å². The molecule has 0 aromatic rings. The van der Waals surface area contributed by atoms with E-state index in [0.29, 0.717) is 0 Å². The number of aliphatic carboxylic acids is 1. The van der Waals surface area contributed by atoms with Crippen molar-refractivity contribution in [2.45, 2.75) is 13.8 Å². The molecule has 0 saturated heterocycles. The van der Waals surface area contributed by atoms with Crippen LogP contribution in [0, 0.1) is 11.3 Å². The number of aliphatic hydroxyl groups excluding tert-OH is 4. The minimum absolute atomic E-state index is 0.151. The van der Waals surface area contributed by atoms with Crippen LogP contribution in [0.2, 0.25) is 0 Å². The third kappa shape index (κ3) is 6.38. The minimum Gasteiger partial charge on any atom is -0.478 e. The Morgan fingerprint density at radius 2 is 1.47 bits per heavy atom. The van der Waals surface area contributed by atoms with Gasteiger partial charge in [-0.3, -0.25) is 0 Å². The zero-order valence-electron chi connectivity index (χ0n) is 10.3. The molecule has 0 bridgehead atoms. The molecule has 0 heterocycles. The molecule has 0 fully saturated rings. The number of rotatable bonds is 6. The van der Waals surface area contributed by atoms with Crippen LogP contribution in [0.5, 0.6) is 0 Å². The van der Waals surface area contributed by atoms with E-state index in [1.165, 1.54) is 6.92 Å². The van der Waals surface area contributed by atoms with Crippen LogP contribution < -0.4 is 0 Å². The highest BCUT2D eigenvalue weighted by Gasteiger charge is 2.34. The number of carboxylic acids is 1. The number of hydrogen-bond acceptors (Lipinski definition) is 5. The number of carboxylic acid groups (broad SMARTS) is 1. The lowest BCUT2D eigenvalue weighted by molar-refractivity contribution is -0.132. The summed E-state index contributed by atoms with van der Waals surface area (Å²) < 4.78 is 0. The first-order valence-corrected chi connectivity index (χ1v) is 5.13. The van der Waals surface area contributed by atoms with Crippen LogP contribution in [-0.4, -0.2) is 57.9 Å². The number of carbonyl (C=O) groups is 1. The molecule has 5 N–H and O–H groups in total. The smallest absolute Gasteiger partial charge is 0.330 e. The predicted octanol–water partition coefficient (Wildman–Crippen LogP) is -0.775. The van der Waals surface area contributed by atoms with E-state index < -0.39 is 11.4 Å². The Labute approximate surface area is 101 Å². The van der Waals surface area contributed by atoms with Gasteiger partial charge in [-0.25, -0.2) is 4.79 Å². The molecular weight excluding hydrogens is 228 g/mol. The van der Waals surface area contributed by atoms with E-state index >= 15 is 0 Å². The third-order valence-electron chi connectivity index (χ3n) is 2.63. The fourth-order valence-electron chi connectivity index (χ4n) is 0.811. The van der Waals surface area contributed by atoms with E-state index in [1.54, 1.807) is 6.92 Å². The molecule has 1 atom stereocenters. The second kappa shape index (κ2) is 9.12. The highest BCUT2D eigenvalue weighted by atomic mass is 16.4. The fraction of sp³-hybridized carbons (Fsp3) is 0.727. The van der Waals surface area contributed by atoms with E-state index in [4.69, 9.17) is 25.5 Å². The zero-order valence-corrected chi connectivity index (χ0v) is 10.3. The molecule has 0 rings (SSSR count). The Balaban J connectivity index is 0. The van der Waals surface area contributed by atoms with Crippen molar-refractivity contribution in [3.05, 3.63) is 12.2 Å². The molecule has 6 heteroatoms. The molecule has 0 aliphatic rings. The van der Waals surface area contributed by atoms with Crippen molar-refractivity contribution in [2.75, 3.05) is 26.4 Å². The van der Waals surface area contributed by atoms with Gasteiger partial charge in [0.1, 0.15) is 0 Å². The van der Waals surface area contributed by atoms with Crippen LogP contribution >= 0.6 is 0 Å². The molecule has 17 heavy (non-hydrogen) atoms. The van der Waals surface area contributed by atoms with Gasteiger partial charge in [-0.2, -0.15) is 0 Å². The van der Waals surface area contributed by atoms with Crippen molar-refractivity contribution < 1.29 is 30.3 Å². The average Bonchev–Trinajstić information content (AvgIpc) is 2.32. The summed E-state index contributed by atoms with van der Waals surface area (Å²) in [7, 11) is 0. The summed E-state index contributed by atoms with van der Waals surface area (Å²) in [5, 5.41) is 43.2. The molecule has 0 aliphatic carbocycles. The average molecular weight is 250 g/mol.